The smallest absolute Gasteiger partial charge is 0.151 e. The topological polar surface area (TPSA) is 59.1 Å². The maximum absolute atomic E-state index is 11.3. The number of nitrogens with zero attached hydrogens (tertiary/aromatic N) is 1. The van der Waals surface area contributed by atoms with Gasteiger partial charge < -0.3 is 5.32 Å². The Morgan fingerprint density at radius 3 is 2.56 bits per heavy atom. The van der Waals surface area contributed by atoms with Gasteiger partial charge in [0, 0.05) is 30.7 Å². The quantitative estimate of drug-likeness (QED) is 0.813. The standard InChI is InChI=1S/C11H18N2O2S/c1-3-16(14,15)9-8-13-10(2)11-4-6-12-7-5-11/h4-7,10,13H,3,8-9H2,1-2H3/t10-/m1/s1. The molecule has 0 bridgehead atoms. The number of pyridine rings is 1. The largest absolute Gasteiger partial charge is 0.309 e. The van der Waals surface area contributed by atoms with Crippen molar-refractivity contribution in [2.24, 2.45) is 0 Å². The predicted octanol–water partition coefficient (Wildman–Crippen LogP) is 1.17. The summed E-state index contributed by atoms with van der Waals surface area (Å²) in [5, 5.41) is 3.18. The van der Waals surface area contributed by atoms with Gasteiger partial charge in [-0.25, -0.2) is 8.42 Å². The molecule has 16 heavy (non-hydrogen) atoms. The molecular formula is C11H18N2O2S. The van der Waals surface area contributed by atoms with Gasteiger partial charge in [0.15, 0.2) is 9.84 Å². The van der Waals surface area contributed by atoms with Gasteiger partial charge >= 0.3 is 0 Å². The maximum Gasteiger partial charge on any atom is 0.151 e. The van der Waals surface area contributed by atoms with Crippen LogP contribution in [0.5, 0.6) is 0 Å². The summed E-state index contributed by atoms with van der Waals surface area (Å²) in [6, 6.07) is 3.99. The van der Waals surface area contributed by atoms with E-state index in [-0.39, 0.29) is 17.5 Å². The van der Waals surface area contributed by atoms with Gasteiger partial charge in [-0.05, 0) is 24.6 Å². The molecule has 1 aromatic heterocycles. The van der Waals surface area contributed by atoms with Crippen molar-refractivity contribution in [2.45, 2.75) is 19.9 Å². The molecule has 0 aliphatic heterocycles. The molecule has 0 amide bonds. The van der Waals surface area contributed by atoms with Gasteiger partial charge in [-0.2, -0.15) is 0 Å². The van der Waals surface area contributed by atoms with E-state index in [0.29, 0.717) is 6.54 Å². The lowest BCUT2D eigenvalue weighted by Gasteiger charge is -2.13. The molecule has 4 nitrogen and oxygen atoms in total. The zero-order valence-corrected chi connectivity index (χ0v) is 10.5. The van der Waals surface area contributed by atoms with Crippen molar-refractivity contribution in [3.63, 3.8) is 0 Å². The molecule has 1 heterocycles. The van der Waals surface area contributed by atoms with Crippen molar-refractivity contribution in [3.8, 4) is 0 Å². The SMILES string of the molecule is CCS(=O)(=O)CCN[C@H](C)c1ccncc1. The van der Waals surface area contributed by atoms with Crippen LogP contribution in [0.15, 0.2) is 24.5 Å². The van der Waals surface area contributed by atoms with E-state index in [9.17, 15) is 8.42 Å². The average Bonchev–Trinajstić information content (AvgIpc) is 2.30. The number of hydrogen-bond acceptors (Lipinski definition) is 4. The fourth-order valence-corrected chi connectivity index (χ4v) is 2.06. The summed E-state index contributed by atoms with van der Waals surface area (Å²) in [5.41, 5.74) is 1.11. The van der Waals surface area contributed by atoms with Crippen molar-refractivity contribution >= 4 is 9.84 Å². The minimum absolute atomic E-state index is 0.148. The number of rotatable bonds is 6. The van der Waals surface area contributed by atoms with E-state index in [1.807, 2.05) is 19.1 Å². The molecule has 0 aromatic carbocycles. The van der Waals surface area contributed by atoms with E-state index >= 15 is 0 Å². The van der Waals surface area contributed by atoms with Crippen molar-refractivity contribution < 1.29 is 8.42 Å². The Balaban J connectivity index is 2.40. The third kappa shape index (κ3) is 4.28. The lowest BCUT2D eigenvalue weighted by molar-refractivity contribution is 0.572. The molecule has 0 fully saturated rings. The third-order valence-electron chi connectivity index (χ3n) is 2.51. The Bertz CT molecular complexity index is 403. The first-order chi connectivity index (χ1) is 7.55. The number of sulfone groups is 1. The van der Waals surface area contributed by atoms with Crippen LogP contribution >= 0.6 is 0 Å². The van der Waals surface area contributed by atoms with Crippen molar-refractivity contribution in [1.82, 2.24) is 10.3 Å². The van der Waals surface area contributed by atoms with Crippen LogP contribution in [0.25, 0.3) is 0 Å². The van der Waals surface area contributed by atoms with Crippen LogP contribution in [0.3, 0.4) is 0 Å². The molecule has 1 N–H and O–H groups in total. The normalized spacial score (nSPS) is 13.6. The minimum Gasteiger partial charge on any atom is -0.309 e. The second-order valence-electron chi connectivity index (χ2n) is 3.69. The molecular weight excluding hydrogens is 224 g/mol. The van der Waals surface area contributed by atoms with Crippen LogP contribution in [0.2, 0.25) is 0 Å². The van der Waals surface area contributed by atoms with Crippen LogP contribution in [-0.2, 0) is 9.84 Å². The van der Waals surface area contributed by atoms with Gasteiger partial charge in [-0.15, -0.1) is 0 Å². The summed E-state index contributed by atoms with van der Waals surface area (Å²) in [6.45, 7) is 4.16. The monoisotopic (exact) mass is 242 g/mol. The maximum atomic E-state index is 11.3. The molecule has 5 heteroatoms. The van der Waals surface area contributed by atoms with Crippen LogP contribution in [0, 0.1) is 0 Å². The van der Waals surface area contributed by atoms with E-state index in [2.05, 4.69) is 10.3 Å². The molecule has 0 aliphatic rings. The highest BCUT2D eigenvalue weighted by molar-refractivity contribution is 7.91. The highest BCUT2D eigenvalue weighted by Gasteiger charge is 2.09. The summed E-state index contributed by atoms with van der Waals surface area (Å²) in [4.78, 5) is 3.94. The zero-order valence-electron chi connectivity index (χ0n) is 9.68. The molecule has 0 unspecified atom stereocenters. The van der Waals surface area contributed by atoms with Gasteiger partial charge in [-0.1, -0.05) is 6.92 Å². The van der Waals surface area contributed by atoms with Crippen LogP contribution in [0.1, 0.15) is 25.5 Å². The Labute approximate surface area is 97.0 Å². The molecule has 0 saturated heterocycles. The average molecular weight is 242 g/mol. The Morgan fingerprint density at radius 2 is 2.00 bits per heavy atom. The molecule has 90 valence electrons. The second kappa shape index (κ2) is 5.96. The highest BCUT2D eigenvalue weighted by atomic mass is 32.2. The fraction of sp³-hybridized carbons (Fsp3) is 0.545. The van der Waals surface area contributed by atoms with E-state index in [1.54, 1.807) is 19.3 Å². The van der Waals surface area contributed by atoms with E-state index in [4.69, 9.17) is 0 Å². The van der Waals surface area contributed by atoms with Gasteiger partial charge in [0.2, 0.25) is 0 Å². The molecule has 0 aliphatic carbocycles. The summed E-state index contributed by atoms with van der Waals surface area (Å²) in [7, 11) is -2.87. The van der Waals surface area contributed by atoms with Gasteiger partial charge in [0.05, 0.1) is 5.75 Å². The van der Waals surface area contributed by atoms with Crippen molar-refractivity contribution in [2.75, 3.05) is 18.1 Å². The molecule has 1 atom stereocenters. The minimum atomic E-state index is -2.87. The number of aromatic nitrogens is 1. The first kappa shape index (κ1) is 13.1. The van der Waals surface area contributed by atoms with Gasteiger partial charge in [-0.3, -0.25) is 4.98 Å². The zero-order chi connectivity index (χ0) is 12.0. The fourth-order valence-electron chi connectivity index (χ4n) is 1.35. The predicted molar refractivity (Wildman–Crippen MR) is 65.0 cm³/mol. The Hall–Kier alpha value is -0.940. The lowest BCUT2D eigenvalue weighted by atomic mass is 10.1. The summed E-state index contributed by atoms with van der Waals surface area (Å²) < 4.78 is 22.5. The van der Waals surface area contributed by atoms with E-state index < -0.39 is 9.84 Å². The summed E-state index contributed by atoms with van der Waals surface area (Å²) in [5.74, 6) is 0.400. The van der Waals surface area contributed by atoms with Crippen molar-refractivity contribution in [1.29, 1.82) is 0 Å². The van der Waals surface area contributed by atoms with Gasteiger partial charge in [0.1, 0.15) is 0 Å². The number of hydrogen-bond donors (Lipinski definition) is 1. The summed E-state index contributed by atoms with van der Waals surface area (Å²) in [6.07, 6.45) is 3.46. The molecule has 1 rings (SSSR count). The molecule has 0 saturated carbocycles. The van der Waals surface area contributed by atoms with Crippen molar-refractivity contribution in [3.05, 3.63) is 30.1 Å². The third-order valence-corrected chi connectivity index (χ3v) is 4.22. The molecule has 0 radical (unpaired) electrons. The highest BCUT2D eigenvalue weighted by Crippen LogP contribution is 2.09. The first-order valence-corrected chi connectivity index (χ1v) is 7.21. The lowest BCUT2D eigenvalue weighted by Crippen LogP contribution is -2.26. The van der Waals surface area contributed by atoms with E-state index in [1.165, 1.54) is 0 Å². The molecule has 1 aromatic rings. The Kier molecular flexibility index (Phi) is 4.89. The van der Waals surface area contributed by atoms with Gasteiger partial charge in [0.25, 0.3) is 0 Å². The Morgan fingerprint density at radius 1 is 1.38 bits per heavy atom. The molecule has 0 spiro atoms. The van der Waals surface area contributed by atoms with Crippen LogP contribution in [-0.4, -0.2) is 31.5 Å². The second-order valence-corrected chi connectivity index (χ2v) is 6.17. The van der Waals surface area contributed by atoms with Crippen LogP contribution in [0.4, 0.5) is 0 Å². The van der Waals surface area contributed by atoms with E-state index in [0.717, 1.165) is 5.56 Å². The number of nitrogens with one attached hydrogen (secondary N) is 1. The van der Waals surface area contributed by atoms with Crippen LogP contribution < -0.4 is 5.32 Å². The first-order valence-electron chi connectivity index (χ1n) is 5.39. The summed E-state index contributed by atoms with van der Waals surface area (Å²) >= 11 is 0.